The van der Waals surface area contributed by atoms with Gasteiger partial charge in [0, 0.05) is 65.3 Å². The first-order valence-corrected chi connectivity index (χ1v) is 32.1. The van der Waals surface area contributed by atoms with Crippen LogP contribution < -0.4 is 75.3 Å². The molecule has 0 saturated carbocycles. The van der Waals surface area contributed by atoms with Gasteiger partial charge in [0.15, 0.2) is 5.96 Å². The van der Waals surface area contributed by atoms with Crippen molar-refractivity contribution in [2.75, 3.05) is 52.4 Å². The summed E-state index contributed by atoms with van der Waals surface area (Å²) in [4.78, 5) is 195. The molecule has 2 fully saturated rings. The van der Waals surface area contributed by atoms with Crippen molar-refractivity contribution in [3.8, 4) is 5.75 Å². The van der Waals surface area contributed by atoms with Crippen molar-refractivity contribution in [1.29, 1.82) is 0 Å². The van der Waals surface area contributed by atoms with E-state index in [0.717, 1.165) is 0 Å². The molecule has 0 aliphatic carbocycles. The number of carbonyl (C=O) groups is 13. The Morgan fingerprint density at radius 1 is 0.444 bits per heavy atom. The predicted octanol–water partition coefficient (Wildman–Crippen LogP) is -1.32. The fourth-order valence-electron chi connectivity index (χ4n) is 10.0. The quantitative estimate of drug-likeness (QED) is 0.00951. The van der Waals surface area contributed by atoms with Crippen molar-refractivity contribution >= 4 is 82.8 Å². The molecule has 2 aliphatic heterocycles. The minimum atomic E-state index is -1.78. The molecule has 2 aliphatic rings. The second-order valence-electron chi connectivity index (χ2n) is 22.9. The number of amides is 12. The lowest BCUT2D eigenvalue weighted by Gasteiger charge is -2.27. The number of unbranched alkanes of at least 4 members (excludes halogenated alkanes) is 5. The molecule has 12 amide bonds. The summed E-state index contributed by atoms with van der Waals surface area (Å²) in [5, 5.41) is 63.7. The number of nitrogens with one attached hydrogen (secondary N) is 12. The molecular formula is C57H87N27O15. The third-order valence-electron chi connectivity index (χ3n) is 15.2. The highest BCUT2D eigenvalue weighted by molar-refractivity contribution is 6.00. The third-order valence-corrected chi connectivity index (χ3v) is 15.2. The van der Waals surface area contributed by atoms with E-state index in [0.29, 0.717) is 5.56 Å². The first-order chi connectivity index (χ1) is 47.5. The Morgan fingerprint density at radius 2 is 0.798 bits per heavy atom. The summed E-state index contributed by atoms with van der Waals surface area (Å²) in [6, 6.07) is -8.28. The van der Waals surface area contributed by atoms with Crippen LogP contribution in [0.3, 0.4) is 0 Å². The summed E-state index contributed by atoms with van der Waals surface area (Å²) in [5.74, 6) is -13.5. The number of carboxylic acid groups (broad SMARTS) is 1. The van der Waals surface area contributed by atoms with Gasteiger partial charge in [-0.1, -0.05) is 58.3 Å². The van der Waals surface area contributed by atoms with Gasteiger partial charge in [0.25, 0.3) is 0 Å². The van der Waals surface area contributed by atoms with Crippen LogP contribution in [0.1, 0.15) is 128 Å². The Labute approximate surface area is 566 Å². The molecule has 0 spiro atoms. The molecule has 0 aromatic heterocycles. The number of hydrogen-bond acceptors (Lipinski definition) is 19. The number of phenols is 1. The van der Waals surface area contributed by atoms with E-state index < -0.39 is 157 Å². The van der Waals surface area contributed by atoms with Crippen LogP contribution >= 0.6 is 0 Å². The zero-order valence-electron chi connectivity index (χ0n) is 54.5. The van der Waals surface area contributed by atoms with Gasteiger partial charge in [-0.2, -0.15) is 0 Å². The van der Waals surface area contributed by atoms with Crippen LogP contribution in [-0.2, 0) is 68.7 Å². The molecule has 2 heterocycles. The number of guanidine groups is 1. The standard InChI is InChI=1S/C57H87N27O15/c58-57(59)65-23-11-17-36-49(92)67-32-46(88)74-43(30-47(89)90)56(99)80-41(28-33-18-20-34(85)21-19-33)55(98)79-40(53(96)76-36)14-1-6-22-64-50(93)42-29-44(86)72-37(13-3-8-25-69-82-61)51(94)77-39(16-5-10-27-71-84-63)54(97)78-38(15-4-9-26-70-83-62)52(95)75-35(12-2-7-24-68-81-60)48(91)66-31-45(87)73-42/h18-21,35-43,85H,1-17,22-32H2,(H,64,93)(H,66,91)(H,67,92)(H,72,86)(H,73,87)(H,74,88)(H,75,95)(H,76,96)(H,77,94)(H,78,97)(H,79,98)(H,80,99)(H,89,90)(H4,58,59,65). The van der Waals surface area contributed by atoms with Gasteiger partial charge in [0.05, 0.1) is 25.9 Å². The van der Waals surface area contributed by atoms with Gasteiger partial charge in [-0.05, 0) is 123 Å². The molecule has 1 aromatic carbocycles. The van der Waals surface area contributed by atoms with Gasteiger partial charge in [-0.15, -0.1) is 0 Å². The van der Waals surface area contributed by atoms with Crippen LogP contribution in [0.5, 0.6) is 5.75 Å². The number of aromatic hydroxyl groups is 1. The monoisotopic (exact) mass is 1390 g/mol. The highest BCUT2D eigenvalue weighted by Crippen LogP contribution is 2.15. The topological polar surface area (TPSA) is 666 Å². The zero-order valence-corrected chi connectivity index (χ0v) is 54.5. The Kier molecular flexibility index (Phi) is 38.6. The van der Waals surface area contributed by atoms with Gasteiger partial charge < -0.3 is 85.5 Å². The molecule has 1 aromatic rings. The molecule has 3 rings (SSSR count). The van der Waals surface area contributed by atoms with Crippen LogP contribution in [0.2, 0.25) is 0 Å². The van der Waals surface area contributed by atoms with Gasteiger partial charge >= 0.3 is 5.97 Å². The summed E-state index contributed by atoms with van der Waals surface area (Å²) in [6.07, 6.45) is -1.14. The molecule has 18 N–H and O–H groups in total. The number of aliphatic imine (C=N–C) groups is 1. The molecule has 9 atom stereocenters. The molecule has 2 saturated heterocycles. The smallest absolute Gasteiger partial charge is 0.305 e. The summed E-state index contributed by atoms with van der Waals surface area (Å²) in [6.45, 7) is -1.85. The van der Waals surface area contributed by atoms with Crippen molar-refractivity contribution in [3.05, 3.63) is 71.6 Å². The normalized spacial score (nSPS) is 21.7. The second-order valence-corrected chi connectivity index (χ2v) is 22.9. The average Bonchev–Trinajstić information content (AvgIpc) is 1.79. The Balaban J connectivity index is 2.06. The number of benzene rings is 1. The lowest BCUT2D eigenvalue weighted by atomic mass is 10.0. The van der Waals surface area contributed by atoms with Crippen LogP contribution in [0.4, 0.5) is 0 Å². The van der Waals surface area contributed by atoms with Crippen molar-refractivity contribution < 1.29 is 72.5 Å². The molecule has 540 valence electrons. The van der Waals surface area contributed by atoms with E-state index in [1.807, 2.05) is 0 Å². The number of carbonyl (C=O) groups excluding carboxylic acids is 12. The molecule has 0 radical (unpaired) electrons. The maximum Gasteiger partial charge on any atom is 0.305 e. The summed E-state index contributed by atoms with van der Waals surface area (Å²) in [7, 11) is 0. The van der Waals surface area contributed by atoms with E-state index in [1.165, 1.54) is 24.3 Å². The van der Waals surface area contributed by atoms with E-state index in [4.69, 9.17) is 33.6 Å². The SMILES string of the molecule is [N-]=[N+]=NCCCCC1NC(=O)CC(C(=O)NCCCCC2NC(=O)C(Cc3ccc(O)cc3)NC(=O)C(CC(=O)O)NC(=O)CNC(=O)C(CCCN=C(N)N)NC2=O)NC(=O)CNC(=O)C(CCCCN=[N+]=[N-])NC(=O)C(CCCCN=[N+]=[N-])NC(=O)C(CCCCN=[N+]=[N-])NC1=O. The number of nitrogens with zero attached hydrogens (tertiary/aromatic N) is 13. The summed E-state index contributed by atoms with van der Waals surface area (Å²) < 4.78 is 0. The number of rotatable bonds is 34. The number of phenolic OH excluding ortho intramolecular Hbond substituents is 1. The Morgan fingerprint density at radius 3 is 1.21 bits per heavy atom. The fraction of sp³-hybridized carbons (Fsp3) is 0.649. The number of azide groups is 4. The average molecular weight is 1390 g/mol. The molecule has 99 heavy (non-hydrogen) atoms. The van der Waals surface area contributed by atoms with Gasteiger partial charge in [-0.3, -0.25) is 67.3 Å². The van der Waals surface area contributed by atoms with Crippen LogP contribution in [-0.4, -0.2) is 200 Å². The van der Waals surface area contributed by atoms with Crippen LogP contribution in [0, 0.1) is 0 Å². The third kappa shape index (κ3) is 33.7. The summed E-state index contributed by atoms with van der Waals surface area (Å²) in [5.41, 5.74) is 46.7. The Bertz CT molecular complexity index is 3180. The van der Waals surface area contributed by atoms with E-state index >= 15 is 0 Å². The molecule has 9 unspecified atom stereocenters. The van der Waals surface area contributed by atoms with Crippen LogP contribution in [0.15, 0.2) is 49.7 Å². The second kappa shape index (κ2) is 46.7. The number of hydrogen-bond donors (Lipinski definition) is 16. The van der Waals surface area contributed by atoms with E-state index in [2.05, 4.69) is 109 Å². The lowest BCUT2D eigenvalue weighted by Crippen LogP contribution is -2.58. The highest BCUT2D eigenvalue weighted by Gasteiger charge is 2.36. The minimum Gasteiger partial charge on any atom is -0.508 e. The molecular weight excluding hydrogens is 1300 g/mol. The minimum absolute atomic E-state index is 0.00450. The fourth-order valence-corrected chi connectivity index (χ4v) is 10.0. The van der Waals surface area contributed by atoms with Crippen molar-refractivity contribution in [2.24, 2.45) is 36.9 Å². The molecule has 42 nitrogen and oxygen atoms in total. The van der Waals surface area contributed by atoms with E-state index in [1.54, 1.807) is 0 Å². The van der Waals surface area contributed by atoms with Crippen LogP contribution in [0.25, 0.3) is 41.8 Å². The van der Waals surface area contributed by atoms with Gasteiger partial charge in [0.2, 0.25) is 70.9 Å². The van der Waals surface area contributed by atoms with Crippen molar-refractivity contribution in [2.45, 2.75) is 183 Å². The van der Waals surface area contributed by atoms with E-state index in [-0.39, 0.29) is 167 Å². The number of aliphatic carboxylic acids is 1. The van der Waals surface area contributed by atoms with E-state index in [9.17, 15) is 72.5 Å². The largest absolute Gasteiger partial charge is 0.508 e. The zero-order chi connectivity index (χ0) is 72.9. The van der Waals surface area contributed by atoms with Gasteiger partial charge in [0.1, 0.15) is 60.1 Å². The Hall–Kier alpha value is -11.4. The highest BCUT2D eigenvalue weighted by atomic mass is 16.4. The lowest BCUT2D eigenvalue weighted by molar-refractivity contribution is -0.141. The van der Waals surface area contributed by atoms with Crippen molar-refractivity contribution in [3.63, 3.8) is 0 Å². The first-order valence-electron chi connectivity index (χ1n) is 32.1. The first kappa shape index (κ1) is 81.9. The predicted molar refractivity (Wildman–Crippen MR) is 350 cm³/mol. The maximum absolute atomic E-state index is 14.4. The number of nitrogens with two attached hydrogens (primary N) is 2. The molecule has 42 heteroatoms. The number of carboxylic acids is 1. The van der Waals surface area contributed by atoms with Crippen molar-refractivity contribution in [1.82, 2.24) is 63.8 Å². The van der Waals surface area contributed by atoms with Gasteiger partial charge in [-0.25, -0.2) is 0 Å². The summed E-state index contributed by atoms with van der Waals surface area (Å²) >= 11 is 0. The molecule has 0 bridgehead atoms. The maximum atomic E-state index is 14.4.